The van der Waals surface area contributed by atoms with Gasteiger partial charge in [-0.2, -0.15) is 13.2 Å². The fourth-order valence-corrected chi connectivity index (χ4v) is 6.69. The van der Waals surface area contributed by atoms with E-state index in [0.717, 1.165) is 90.3 Å². The van der Waals surface area contributed by atoms with Gasteiger partial charge in [-0.3, -0.25) is 9.69 Å². The van der Waals surface area contributed by atoms with Crippen LogP contribution in [0.5, 0.6) is 5.75 Å². The monoisotopic (exact) mass is 609 g/mol. The van der Waals surface area contributed by atoms with E-state index in [1.165, 1.54) is 23.0 Å². The Kier molecular flexibility index (Phi) is 8.62. The number of nitrogens with one attached hydrogen (secondary N) is 2. The van der Waals surface area contributed by atoms with E-state index >= 15 is 0 Å². The molecule has 2 saturated heterocycles. The smallest absolute Gasteiger partial charge is 0.416 e. The highest BCUT2D eigenvalue weighted by atomic mass is 79.9. The molecule has 5 nitrogen and oxygen atoms in total. The van der Waals surface area contributed by atoms with Crippen molar-refractivity contribution in [2.24, 2.45) is 0 Å². The van der Waals surface area contributed by atoms with Gasteiger partial charge in [-0.1, -0.05) is 6.07 Å². The van der Waals surface area contributed by atoms with Gasteiger partial charge in [0.15, 0.2) is 0 Å². The molecule has 2 aliphatic heterocycles. The minimum Gasteiger partial charge on any atom is -0.489 e. The van der Waals surface area contributed by atoms with E-state index in [0.29, 0.717) is 5.39 Å². The van der Waals surface area contributed by atoms with Crippen molar-refractivity contribution in [2.75, 3.05) is 26.2 Å². The van der Waals surface area contributed by atoms with Crippen LogP contribution in [0.3, 0.4) is 0 Å². The number of rotatable bonds is 7. The minimum absolute atomic E-state index is 0.0840. The van der Waals surface area contributed by atoms with Crippen molar-refractivity contribution in [1.29, 1.82) is 0 Å². The van der Waals surface area contributed by atoms with Crippen LogP contribution >= 0.6 is 27.3 Å². The summed E-state index contributed by atoms with van der Waals surface area (Å²) in [5, 5.41) is 7.00. The standard InChI is InChI=1S/C28H31BrF3N3O2S/c29-24-13-18(1-3-25(24)37-22-5-9-33-10-6-22)17-35-11-7-21(8-12-35)34-27(36)16-23-15-19-14-20(28(30,31)32)2-4-26(19)38-23/h1-4,13-15,21-22,33H,5-12,16-17H2,(H,34,36). The summed E-state index contributed by atoms with van der Waals surface area (Å²) in [6.07, 6.45) is -0.159. The largest absolute Gasteiger partial charge is 0.489 e. The summed E-state index contributed by atoms with van der Waals surface area (Å²) in [6.45, 7) is 4.61. The number of fused-ring (bicyclic) bond motifs is 1. The maximum Gasteiger partial charge on any atom is 0.416 e. The molecule has 0 unspecified atom stereocenters. The number of carbonyl (C=O) groups excluding carboxylic acids is 1. The summed E-state index contributed by atoms with van der Waals surface area (Å²) >= 11 is 5.04. The van der Waals surface area contributed by atoms with Crippen molar-refractivity contribution in [2.45, 2.75) is 57.0 Å². The van der Waals surface area contributed by atoms with Gasteiger partial charge in [-0.15, -0.1) is 11.3 Å². The number of nitrogens with zero attached hydrogens (tertiary/aromatic N) is 1. The highest BCUT2D eigenvalue weighted by Gasteiger charge is 2.30. The zero-order valence-corrected chi connectivity index (χ0v) is 23.4. The molecule has 5 rings (SSSR count). The molecule has 0 spiro atoms. The first-order valence-electron chi connectivity index (χ1n) is 13.0. The molecule has 1 aromatic heterocycles. The number of ether oxygens (including phenoxy) is 1. The topological polar surface area (TPSA) is 53.6 Å². The molecule has 0 saturated carbocycles. The average molecular weight is 611 g/mol. The van der Waals surface area contributed by atoms with Crippen LogP contribution in [0.4, 0.5) is 13.2 Å². The zero-order chi connectivity index (χ0) is 26.7. The highest BCUT2D eigenvalue weighted by Crippen LogP contribution is 2.34. The second kappa shape index (κ2) is 11.9. The summed E-state index contributed by atoms with van der Waals surface area (Å²) in [5.74, 6) is 0.806. The molecule has 0 atom stereocenters. The Morgan fingerprint density at radius 2 is 1.84 bits per heavy atom. The first kappa shape index (κ1) is 27.4. The highest BCUT2D eigenvalue weighted by molar-refractivity contribution is 9.10. The molecule has 0 aliphatic carbocycles. The number of benzene rings is 2. The van der Waals surface area contributed by atoms with Crippen LogP contribution in [0.1, 0.15) is 41.7 Å². The molecule has 1 amide bonds. The third-order valence-corrected chi connectivity index (χ3v) is 8.90. The number of thiophene rings is 1. The van der Waals surface area contributed by atoms with Gasteiger partial charge >= 0.3 is 6.18 Å². The lowest BCUT2D eigenvalue weighted by molar-refractivity contribution is -0.137. The molecule has 3 aromatic rings. The van der Waals surface area contributed by atoms with Crippen molar-refractivity contribution in [3.05, 3.63) is 62.9 Å². The van der Waals surface area contributed by atoms with Gasteiger partial charge in [0, 0.05) is 35.3 Å². The number of amides is 1. The summed E-state index contributed by atoms with van der Waals surface area (Å²) in [5.41, 5.74) is 0.551. The quantitative estimate of drug-likeness (QED) is 0.338. The predicted octanol–water partition coefficient (Wildman–Crippen LogP) is 6.14. The van der Waals surface area contributed by atoms with Crippen LogP contribution < -0.4 is 15.4 Å². The predicted molar refractivity (Wildman–Crippen MR) is 148 cm³/mol. The fourth-order valence-electron chi connectivity index (χ4n) is 5.12. The zero-order valence-electron chi connectivity index (χ0n) is 21.0. The van der Waals surface area contributed by atoms with E-state index in [1.54, 1.807) is 6.07 Å². The van der Waals surface area contributed by atoms with E-state index in [4.69, 9.17) is 4.74 Å². The van der Waals surface area contributed by atoms with Crippen molar-refractivity contribution in [3.63, 3.8) is 0 Å². The minimum atomic E-state index is -4.37. The lowest BCUT2D eigenvalue weighted by Crippen LogP contribution is -2.44. The molecule has 204 valence electrons. The molecular weight excluding hydrogens is 579 g/mol. The normalized spacial score (nSPS) is 18.1. The summed E-state index contributed by atoms with van der Waals surface area (Å²) < 4.78 is 46.9. The summed E-state index contributed by atoms with van der Waals surface area (Å²) in [7, 11) is 0. The van der Waals surface area contributed by atoms with E-state index in [2.05, 4.69) is 43.6 Å². The van der Waals surface area contributed by atoms with Gasteiger partial charge in [0.2, 0.25) is 5.91 Å². The Bertz CT molecular complexity index is 1270. The molecule has 38 heavy (non-hydrogen) atoms. The maximum absolute atomic E-state index is 13.0. The Morgan fingerprint density at radius 1 is 1.08 bits per heavy atom. The number of alkyl halides is 3. The second-order valence-corrected chi connectivity index (χ2v) is 12.1. The van der Waals surface area contributed by atoms with E-state index in [9.17, 15) is 18.0 Å². The molecule has 3 heterocycles. The number of likely N-dealkylation sites (tertiary alicyclic amines) is 1. The molecule has 2 fully saturated rings. The lowest BCUT2D eigenvalue weighted by Gasteiger charge is -2.32. The van der Waals surface area contributed by atoms with Crippen LogP contribution in [-0.4, -0.2) is 49.1 Å². The van der Waals surface area contributed by atoms with Gasteiger partial charge in [0.1, 0.15) is 11.9 Å². The maximum atomic E-state index is 13.0. The Labute approximate surface area is 232 Å². The molecule has 0 bridgehead atoms. The van der Waals surface area contributed by atoms with Crippen LogP contribution in [0, 0.1) is 0 Å². The van der Waals surface area contributed by atoms with Gasteiger partial charge in [0.25, 0.3) is 0 Å². The Hall–Kier alpha value is -2.14. The second-order valence-electron chi connectivity index (χ2n) is 10.1. The summed E-state index contributed by atoms with van der Waals surface area (Å²) in [4.78, 5) is 15.8. The van der Waals surface area contributed by atoms with Crippen LogP contribution in [0.2, 0.25) is 0 Å². The van der Waals surface area contributed by atoms with Crippen LogP contribution in [0.15, 0.2) is 46.9 Å². The molecule has 0 radical (unpaired) electrons. The SMILES string of the molecule is O=C(Cc1cc2cc(C(F)(F)F)ccc2s1)NC1CCN(Cc2ccc(OC3CCNCC3)c(Br)c2)CC1. The van der Waals surface area contributed by atoms with E-state index in [-0.39, 0.29) is 24.5 Å². The molecule has 2 aromatic carbocycles. The van der Waals surface area contributed by atoms with Crippen molar-refractivity contribution in [3.8, 4) is 5.75 Å². The Morgan fingerprint density at radius 3 is 2.55 bits per heavy atom. The van der Waals surface area contributed by atoms with Gasteiger partial charge < -0.3 is 15.4 Å². The molecule has 2 aliphatic rings. The Balaban J connectivity index is 1.08. The first-order chi connectivity index (χ1) is 18.2. The van der Waals surface area contributed by atoms with E-state index in [1.807, 2.05) is 6.07 Å². The number of hydrogen-bond acceptors (Lipinski definition) is 5. The fraction of sp³-hybridized carbons (Fsp3) is 0.464. The average Bonchev–Trinajstić information content (AvgIpc) is 3.28. The van der Waals surface area contributed by atoms with Crippen LogP contribution in [0.25, 0.3) is 10.1 Å². The third kappa shape index (κ3) is 7.08. The number of carbonyl (C=O) groups is 1. The third-order valence-electron chi connectivity index (χ3n) is 7.16. The first-order valence-corrected chi connectivity index (χ1v) is 14.6. The van der Waals surface area contributed by atoms with Gasteiger partial charge in [0.05, 0.1) is 16.5 Å². The lowest BCUT2D eigenvalue weighted by atomic mass is 10.0. The van der Waals surface area contributed by atoms with Crippen molar-refractivity contribution >= 4 is 43.3 Å². The molecule has 10 heteroatoms. The van der Waals surface area contributed by atoms with E-state index < -0.39 is 11.7 Å². The number of halogens is 4. The number of hydrogen-bond donors (Lipinski definition) is 2. The van der Waals surface area contributed by atoms with Crippen molar-refractivity contribution < 1.29 is 22.7 Å². The van der Waals surface area contributed by atoms with Gasteiger partial charge in [-0.25, -0.2) is 0 Å². The van der Waals surface area contributed by atoms with Gasteiger partial charge in [-0.05, 0) is 102 Å². The van der Waals surface area contributed by atoms with Crippen LogP contribution in [-0.2, 0) is 23.9 Å². The summed E-state index contributed by atoms with van der Waals surface area (Å²) in [6, 6.07) is 11.8. The van der Waals surface area contributed by atoms with Crippen molar-refractivity contribution in [1.82, 2.24) is 15.5 Å². The molecule has 2 N–H and O–H groups in total. The number of piperidine rings is 2. The molecular formula is C28H31BrF3N3O2S.